The van der Waals surface area contributed by atoms with Gasteiger partial charge in [0.1, 0.15) is 6.10 Å². The minimum absolute atomic E-state index is 0.00401. The Hall–Kier alpha value is -4.29. The Labute approximate surface area is 218 Å². The molecule has 12 heteroatoms. The van der Waals surface area contributed by atoms with Gasteiger partial charge in [0.05, 0.1) is 17.6 Å². The fourth-order valence-corrected chi connectivity index (χ4v) is 4.59. The number of halogens is 1. The third-order valence-electron chi connectivity index (χ3n) is 6.45. The number of nitrogens with one attached hydrogen (secondary N) is 4. The smallest absolute Gasteiger partial charge is 0.229 e. The maximum absolute atomic E-state index is 14.8. The molecule has 2 aromatic carbocycles. The molecule has 1 aliphatic carbocycles. The second kappa shape index (κ2) is 11.0. The van der Waals surface area contributed by atoms with Gasteiger partial charge in [-0.1, -0.05) is 0 Å². The predicted molar refractivity (Wildman–Crippen MR) is 145 cm³/mol. The van der Waals surface area contributed by atoms with Crippen LogP contribution in [0.2, 0.25) is 0 Å². The van der Waals surface area contributed by atoms with Gasteiger partial charge < -0.3 is 47.4 Å². The van der Waals surface area contributed by atoms with Crippen LogP contribution in [-0.4, -0.2) is 50.4 Å². The quantitative estimate of drug-likeness (QED) is 0.118. The summed E-state index contributed by atoms with van der Waals surface area (Å²) in [7, 11) is 0. The van der Waals surface area contributed by atoms with E-state index in [0.717, 1.165) is 42.0 Å². The minimum Gasteiger partial charge on any atom is -0.504 e. The summed E-state index contributed by atoms with van der Waals surface area (Å²) in [6.45, 7) is 1.08. The van der Waals surface area contributed by atoms with Gasteiger partial charge in [0.2, 0.25) is 11.7 Å². The molecule has 0 spiro atoms. The van der Waals surface area contributed by atoms with Crippen molar-refractivity contribution in [2.24, 2.45) is 11.5 Å². The number of ether oxygens (including phenoxy) is 1. The molecule has 1 fully saturated rings. The van der Waals surface area contributed by atoms with E-state index in [2.05, 4.69) is 30.9 Å². The van der Waals surface area contributed by atoms with Crippen LogP contribution in [0.25, 0.3) is 10.9 Å². The molecule has 2 heterocycles. The van der Waals surface area contributed by atoms with Gasteiger partial charge in [0.25, 0.3) is 0 Å². The summed E-state index contributed by atoms with van der Waals surface area (Å²) in [5, 5.41) is 30.8. The summed E-state index contributed by atoms with van der Waals surface area (Å²) >= 11 is 0. The number of aromatic hydroxyl groups is 2. The van der Waals surface area contributed by atoms with Crippen molar-refractivity contribution in [3.8, 4) is 17.2 Å². The Bertz CT molecular complexity index is 1430. The monoisotopic (exact) mass is 522 g/mol. The van der Waals surface area contributed by atoms with Gasteiger partial charge in [0, 0.05) is 41.9 Å². The third kappa shape index (κ3) is 5.50. The number of H-pyrrole nitrogens is 1. The maximum Gasteiger partial charge on any atom is 0.229 e. The Kier molecular flexibility index (Phi) is 7.33. The van der Waals surface area contributed by atoms with Gasteiger partial charge in [-0.25, -0.2) is 9.37 Å². The number of aromatic nitrogens is 3. The number of nitrogens with zero attached hydrogens (tertiary/aromatic N) is 2. The highest BCUT2D eigenvalue weighted by atomic mass is 19.1. The average Bonchev–Trinajstić information content (AvgIpc) is 3.38. The number of fused-ring (bicyclic) bond motifs is 1. The lowest BCUT2D eigenvalue weighted by atomic mass is 9.93. The molecule has 1 unspecified atom stereocenters. The van der Waals surface area contributed by atoms with Gasteiger partial charge in [-0.15, -0.1) is 0 Å². The molecule has 200 valence electrons. The standard InChI is InChI=1S/C26H31FN8O3/c27-18-13-32-26(34-21-12-15(30-9-7-28)11-20-17(21)6-8-31-20)35-25(18)33-19-4-5-22(36)23(37)24(19)38-16-3-1-2-14(29)10-16/h4-6,8,11-14,16,30-31,36-37H,1-3,7,9-10,28-29H2,(H2,32,33,34,35)/t14-,16?/m0/s1. The molecule has 5 rings (SSSR count). The molecule has 0 amide bonds. The Morgan fingerprint density at radius 1 is 1.13 bits per heavy atom. The summed E-state index contributed by atoms with van der Waals surface area (Å²) in [6, 6.07) is 8.54. The second-order valence-corrected chi connectivity index (χ2v) is 9.29. The zero-order chi connectivity index (χ0) is 26.6. The number of nitrogens with two attached hydrogens (primary N) is 2. The van der Waals surface area contributed by atoms with Crippen LogP contribution in [0.4, 0.5) is 33.2 Å². The van der Waals surface area contributed by atoms with E-state index in [4.69, 9.17) is 16.2 Å². The highest BCUT2D eigenvalue weighted by molar-refractivity contribution is 5.96. The largest absolute Gasteiger partial charge is 0.504 e. The maximum atomic E-state index is 14.8. The van der Waals surface area contributed by atoms with E-state index in [1.54, 1.807) is 0 Å². The molecule has 10 N–H and O–H groups in total. The van der Waals surface area contributed by atoms with Crippen LogP contribution in [0.3, 0.4) is 0 Å². The number of anilines is 5. The summed E-state index contributed by atoms with van der Waals surface area (Å²) in [5.41, 5.74) is 14.4. The third-order valence-corrected chi connectivity index (χ3v) is 6.45. The van der Waals surface area contributed by atoms with Crippen molar-refractivity contribution in [3.05, 3.63) is 48.5 Å². The van der Waals surface area contributed by atoms with E-state index >= 15 is 0 Å². The summed E-state index contributed by atoms with van der Waals surface area (Å²) in [6.07, 6.45) is 5.77. The fraction of sp³-hybridized carbons (Fsp3) is 0.308. The molecule has 38 heavy (non-hydrogen) atoms. The van der Waals surface area contributed by atoms with Crippen molar-refractivity contribution >= 4 is 39.7 Å². The van der Waals surface area contributed by atoms with Gasteiger partial charge in [0.15, 0.2) is 23.1 Å². The molecular weight excluding hydrogens is 491 g/mol. The lowest BCUT2D eigenvalue weighted by Crippen LogP contribution is -2.33. The lowest BCUT2D eigenvalue weighted by molar-refractivity contribution is 0.140. The molecule has 0 saturated heterocycles. The first kappa shape index (κ1) is 25.4. The van der Waals surface area contributed by atoms with Gasteiger partial charge in [-0.2, -0.15) is 4.98 Å². The van der Waals surface area contributed by atoms with Crippen LogP contribution in [0.1, 0.15) is 25.7 Å². The van der Waals surface area contributed by atoms with Crippen molar-refractivity contribution in [1.29, 1.82) is 0 Å². The lowest BCUT2D eigenvalue weighted by Gasteiger charge is -2.28. The van der Waals surface area contributed by atoms with E-state index in [1.165, 1.54) is 12.1 Å². The number of aromatic amines is 1. The van der Waals surface area contributed by atoms with Crippen LogP contribution in [0, 0.1) is 5.82 Å². The molecule has 11 nitrogen and oxygen atoms in total. The average molecular weight is 523 g/mol. The number of rotatable bonds is 9. The summed E-state index contributed by atoms with van der Waals surface area (Å²) in [4.78, 5) is 11.6. The van der Waals surface area contributed by atoms with E-state index in [0.29, 0.717) is 25.2 Å². The highest BCUT2D eigenvalue weighted by Crippen LogP contribution is 2.44. The molecule has 0 bridgehead atoms. The van der Waals surface area contributed by atoms with Crippen LogP contribution in [0.5, 0.6) is 17.2 Å². The number of phenols is 2. The highest BCUT2D eigenvalue weighted by Gasteiger charge is 2.25. The van der Waals surface area contributed by atoms with Gasteiger partial charge in [-0.05, 0) is 56.0 Å². The molecule has 2 atom stereocenters. The van der Waals surface area contributed by atoms with Crippen LogP contribution < -0.4 is 32.2 Å². The molecular formula is C26H31FN8O3. The molecule has 2 aromatic heterocycles. The van der Waals surface area contributed by atoms with E-state index in [1.807, 2.05) is 24.4 Å². The number of hydrogen-bond acceptors (Lipinski definition) is 10. The van der Waals surface area contributed by atoms with Crippen molar-refractivity contribution in [3.63, 3.8) is 0 Å². The zero-order valence-electron chi connectivity index (χ0n) is 20.7. The van der Waals surface area contributed by atoms with E-state index < -0.39 is 11.6 Å². The molecule has 1 saturated carbocycles. The van der Waals surface area contributed by atoms with Crippen molar-refractivity contribution < 1.29 is 19.3 Å². The van der Waals surface area contributed by atoms with Crippen molar-refractivity contribution in [1.82, 2.24) is 15.0 Å². The van der Waals surface area contributed by atoms with Crippen LogP contribution >= 0.6 is 0 Å². The Morgan fingerprint density at radius 3 is 2.82 bits per heavy atom. The summed E-state index contributed by atoms with van der Waals surface area (Å²) in [5.74, 6) is -1.49. The van der Waals surface area contributed by atoms with E-state index in [-0.39, 0.29) is 41.1 Å². The molecule has 0 aliphatic heterocycles. The first-order valence-corrected chi connectivity index (χ1v) is 12.5. The Morgan fingerprint density at radius 2 is 2.00 bits per heavy atom. The van der Waals surface area contributed by atoms with E-state index in [9.17, 15) is 14.6 Å². The molecule has 4 aromatic rings. The Balaban J connectivity index is 1.42. The van der Waals surface area contributed by atoms with Gasteiger partial charge in [-0.3, -0.25) is 0 Å². The zero-order valence-corrected chi connectivity index (χ0v) is 20.7. The second-order valence-electron chi connectivity index (χ2n) is 9.29. The normalized spacial score (nSPS) is 17.3. The molecule has 1 aliphatic rings. The molecule has 0 radical (unpaired) electrons. The summed E-state index contributed by atoms with van der Waals surface area (Å²) < 4.78 is 20.8. The fourth-order valence-electron chi connectivity index (χ4n) is 4.59. The topological polar surface area (TPSA) is 179 Å². The van der Waals surface area contributed by atoms with Gasteiger partial charge >= 0.3 is 0 Å². The minimum atomic E-state index is -0.709. The number of benzene rings is 2. The number of phenolic OH excluding ortho intramolecular Hbond substituents is 2. The first-order valence-electron chi connectivity index (χ1n) is 12.5. The van der Waals surface area contributed by atoms with Crippen LogP contribution in [0.15, 0.2) is 42.7 Å². The SMILES string of the molecule is NCCNc1cc(Nc2ncc(F)c(Nc3ccc(O)c(O)c3OC3CCC[C@H](N)C3)n2)c2cc[nH]c2c1. The number of hydrogen-bond donors (Lipinski definition) is 8. The predicted octanol–water partition coefficient (Wildman–Crippen LogP) is 4.01. The van der Waals surface area contributed by atoms with Crippen molar-refractivity contribution in [2.45, 2.75) is 37.8 Å². The van der Waals surface area contributed by atoms with Crippen molar-refractivity contribution in [2.75, 3.05) is 29.0 Å². The van der Waals surface area contributed by atoms with Crippen LogP contribution in [-0.2, 0) is 0 Å². The first-order chi connectivity index (χ1) is 18.4.